The van der Waals surface area contributed by atoms with E-state index >= 15 is 0 Å². The maximum Gasteiger partial charge on any atom is 0.0946 e. The van der Waals surface area contributed by atoms with Gasteiger partial charge in [-0.2, -0.15) is 0 Å². The minimum atomic E-state index is 0.650. The molecule has 0 amide bonds. The van der Waals surface area contributed by atoms with Crippen molar-refractivity contribution in [1.82, 2.24) is 14.5 Å². The van der Waals surface area contributed by atoms with Gasteiger partial charge >= 0.3 is 0 Å². The summed E-state index contributed by atoms with van der Waals surface area (Å²) in [5, 5.41) is 0.813. The molecular formula is C16H20ClN3. The summed E-state index contributed by atoms with van der Waals surface area (Å²) < 4.78 is 2.19. The van der Waals surface area contributed by atoms with Crippen molar-refractivity contribution in [2.75, 3.05) is 13.1 Å². The zero-order chi connectivity index (χ0) is 13.8. The summed E-state index contributed by atoms with van der Waals surface area (Å²) in [7, 11) is 0. The van der Waals surface area contributed by atoms with Crippen LogP contribution in [0.2, 0.25) is 5.02 Å². The predicted octanol–water partition coefficient (Wildman–Crippen LogP) is 3.24. The lowest BCUT2D eigenvalue weighted by molar-refractivity contribution is 0.235. The molecule has 0 bridgehead atoms. The Morgan fingerprint density at radius 1 is 1.25 bits per heavy atom. The first-order valence-corrected chi connectivity index (χ1v) is 7.63. The fourth-order valence-electron chi connectivity index (χ4n) is 2.96. The van der Waals surface area contributed by atoms with Crippen LogP contribution >= 0.6 is 11.6 Å². The second kappa shape index (κ2) is 6.42. The van der Waals surface area contributed by atoms with E-state index in [-0.39, 0.29) is 0 Å². The monoisotopic (exact) mass is 289 g/mol. The number of rotatable bonds is 5. The van der Waals surface area contributed by atoms with Gasteiger partial charge in [-0.15, -0.1) is 0 Å². The SMILES string of the molecule is Clc1ccc(CCN2CCC[C@@H]2Cn2ccnc2)cc1. The molecular weight excluding hydrogens is 270 g/mol. The highest BCUT2D eigenvalue weighted by atomic mass is 35.5. The Bertz CT molecular complexity index is 521. The molecule has 106 valence electrons. The van der Waals surface area contributed by atoms with Crippen LogP contribution in [0.25, 0.3) is 0 Å². The number of aromatic nitrogens is 2. The largest absolute Gasteiger partial charge is 0.336 e. The van der Waals surface area contributed by atoms with Crippen LogP contribution in [0, 0.1) is 0 Å². The van der Waals surface area contributed by atoms with Crippen molar-refractivity contribution >= 4 is 11.6 Å². The van der Waals surface area contributed by atoms with E-state index in [1.165, 1.54) is 24.9 Å². The molecule has 1 aromatic carbocycles. The number of benzene rings is 1. The van der Waals surface area contributed by atoms with Crippen LogP contribution in [-0.4, -0.2) is 33.6 Å². The van der Waals surface area contributed by atoms with Gasteiger partial charge in [0.2, 0.25) is 0 Å². The summed E-state index contributed by atoms with van der Waals surface area (Å²) in [4.78, 5) is 6.73. The van der Waals surface area contributed by atoms with Crippen molar-refractivity contribution in [3.05, 3.63) is 53.6 Å². The molecule has 4 heteroatoms. The normalized spacial score (nSPS) is 19.6. The molecule has 0 spiro atoms. The highest BCUT2D eigenvalue weighted by molar-refractivity contribution is 6.30. The first kappa shape index (κ1) is 13.7. The number of hydrogen-bond donors (Lipinski definition) is 0. The molecule has 1 aromatic heterocycles. The Kier molecular flexibility index (Phi) is 4.38. The molecule has 0 N–H and O–H groups in total. The third kappa shape index (κ3) is 3.41. The summed E-state index contributed by atoms with van der Waals surface area (Å²) in [6, 6.07) is 8.86. The van der Waals surface area contributed by atoms with Gasteiger partial charge < -0.3 is 4.57 Å². The molecule has 0 radical (unpaired) electrons. The average Bonchev–Trinajstić information content (AvgIpc) is 3.11. The molecule has 1 fully saturated rings. The van der Waals surface area contributed by atoms with Crippen LogP contribution in [-0.2, 0) is 13.0 Å². The van der Waals surface area contributed by atoms with E-state index in [2.05, 4.69) is 32.8 Å². The Balaban J connectivity index is 1.54. The maximum absolute atomic E-state index is 5.92. The first-order chi connectivity index (χ1) is 9.81. The van der Waals surface area contributed by atoms with Crippen molar-refractivity contribution in [1.29, 1.82) is 0 Å². The lowest BCUT2D eigenvalue weighted by Crippen LogP contribution is -2.34. The second-order valence-corrected chi connectivity index (χ2v) is 5.90. The van der Waals surface area contributed by atoms with Crippen LogP contribution in [0.15, 0.2) is 43.0 Å². The highest BCUT2D eigenvalue weighted by Crippen LogP contribution is 2.19. The fourth-order valence-corrected chi connectivity index (χ4v) is 3.08. The summed E-state index contributed by atoms with van der Waals surface area (Å²) in [5.74, 6) is 0. The van der Waals surface area contributed by atoms with Gasteiger partial charge in [0, 0.05) is 36.5 Å². The van der Waals surface area contributed by atoms with E-state index < -0.39 is 0 Å². The Morgan fingerprint density at radius 3 is 2.85 bits per heavy atom. The van der Waals surface area contributed by atoms with Crippen molar-refractivity contribution in [2.45, 2.75) is 31.8 Å². The molecule has 0 aliphatic carbocycles. The van der Waals surface area contributed by atoms with Gasteiger partial charge in [0.05, 0.1) is 6.33 Å². The molecule has 3 nitrogen and oxygen atoms in total. The van der Waals surface area contributed by atoms with Gasteiger partial charge in [-0.1, -0.05) is 23.7 Å². The van der Waals surface area contributed by atoms with E-state index in [4.69, 9.17) is 11.6 Å². The number of hydrogen-bond acceptors (Lipinski definition) is 2. The van der Waals surface area contributed by atoms with Gasteiger partial charge in [0.1, 0.15) is 0 Å². The Labute approximate surface area is 125 Å². The van der Waals surface area contributed by atoms with Gasteiger partial charge in [0.25, 0.3) is 0 Å². The molecule has 2 heterocycles. The summed E-state index contributed by atoms with van der Waals surface area (Å²) in [6.07, 6.45) is 9.51. The average molecular weight is 290 g/mol. The van der Waals surface area contributed by atoms with Crippen molar-refractivity contribution in [3.63, 3.8) is 0 Å². The zero-order valence-corrected chi connectivity index (χ0v) is 12.3. The number of halogens is 1. The van der Waals surface area contributed by atoms with Crippen LogP contribution in [0.1, 0.15) is 18.4 Å². The molecule has 1 aliphatic rings. The topological polar surface area (TPSA) is 21.1 Å². The number of imidazole rings is 1. The standard InChI is InChI=1S/C16H20ClN3/c17-15-5-3-14(4-6-15)7-10-20-9-1-2-16(20)12-19-11-8-18-13-19/h3-6,8,11,13,16H,1-2,7,9-10,12H2/t16-/m1/s1. The van der Waals surface area contributed by atoms with E-state index in [9.17, 15) is 0 Å². The summed E-state index contributed by atoms with van der Waals surface area (Å²) in [6.45, 7) is 3.40. The van der Waals surface area contributed by atoms with Gasteiger partial charge in [0.15, 0.2) is 0 Å². The van der Waals surface area contributed by atoms with E-state index in [0.29, 0.717) is 6.04 Å². The minimum Gasteiger partial charge on any atom is -0.336 e. The van der Waals surface area contributed by atoms with Gasteiger partial charge in [-0.3, -0.25) is 4.90 Å². The molecule has 1 saturated heterocycles. The molecule has 1 atom stereocenters. The third-order valence-corrected chi connectivity index (χ3v) is 4.33. The number of nitrogens with zero attached hydrogens (tertiary/aromatic N) is 3. The lowest BCUT2D eigenvalue weighted by atomic mass is 10.1. The summed E-state index contributed by atoms with van der Waals surface area (Å²) in [5.41, 5.74) is 1.36. The summed E-state index contributed by atoms with van der Waals surface area (Å²) >= 11 is 5.92. The zero-order valence-electron chi connectivity index (χ0n) is 11.6. The van der Waals surface area contributed by atoms with E-state index in [0.717, 1.165) is 24.5 Å². The quantitative estimate of drug-likeness (QED) is 0.842. The van der Waals surface area contributed by atoms with Crippen LogP contribution in [0.5, 0.6) is 0 Å². The minimum absolute atomic E-state index is 0.650. The van der Waals surface area contributed by atoms with Crippen LogP contribution < -0.4 is 0 Å². The van der Waals surface area contributed by atoms with Crippen molar-refractivity contribution < 1.29 is 0 Å². The molecule has 0 saturated carbocycles. The first-order valence-electron chi connectivity index (χ1n) is 7.25. The number of likely N-dealkylation sites (tertiary alicyclic amines) is 1. The Hall–Kier alpha value is -1.32. The maximum atomic E-state index is 5.92. The predicted molar refractivity (Wildman–Crippen MR) is 82.0 cm³/mol. The molecule has 0 unspecified atom stereocenters. The van der Waals surface area contributed by atoms with Gasteiger partial charge in [-0.25, -0.2) is 4.98 Å². The molecule has 2 aromatic rings. The molecule has 1 aliphatic heterocycles. The van der Waals surface area contributed by atoms with Crippen LogP contribution in [0.4, 0.5) is 0 Å². The Morgan fingerprint density at radius 2 is 2.10 bits per heavy atom. The van der Waals surface area contributed by atoms with E-state index in [1.807, 2.05) is 24.7 Å². The third-order valence-electron chi connectivity index (χ3n) is 4.08. The van der Waals surface area contributed by atoms with Crippen LogP contribution in [0.3, 0.4) is 0 Å². The van der Waals surface area contributed by atoms with E-state index in [1.54, 1.807) is 0 Å². The van der Waals surface area contributed by atoms with Gasteiger partial charge in [-0.05, 0) is 43.5 Å². The second-order valence-electron chi connectivity index (χ2n) is 5.47. The highest BCUT2D eigenvalue weighted by Gasteiger charge is 2.24. The fraction of sp³-hybridized carbons (Fsp3) is 0.438. The molecule has 3 rings (SSSR count). The smallest absolute Gasteiger partial charge is 0.0946 e. The molecule has 20 heavy (non-hydrogen) atoms. The lowest BCUT2D eigenvalue weighted by Gasteiger charge is -2.24. The van der Waals surface area contributed by atoms with Crippen molar-refractivity contribution in [3.8, 4) is 0 Å². The van der Waals surface area contributed by atoms with Crippen molar-refractivity contribution in [2.24, 2.45) is 0 Å².